The molecule has 0 fully saturated rings. The summed E-state index contributed by atoms with van der Waals surface area (Å²) in [7, 11) is 0. The second-order valence-corrected chi connectivity index (χ2v) is 6.48. The van der Waals surface area contributed by atoms with E-state index < -0.39 is 0 Å². The third-order valence-electron chi connectivity index (χ3n) is 3.67. The zero-order chi connectivity index (χ0) is 16.4. The van der Waals surface area contributed by atoms with Gasteiger partial charge in [-0.1, -0.05) is 12.1 Å². The number of imidazole rings is 1. The molecule has 2 heterocycles. The van der Waals surface area contributed by atoms with Crippen LogP contribution in [0, 0.1) is 6.92 Å². The van der Waals surface area contributed by atoms with E-state index in [0.717, 1.165) is 15.9 Å². The Balaban J connectivity index is 1.78. The summed E-state index contributed by atoms with van der Waals surface area (Å²) < 4.78 is 3.38. The van der Waals surface area contributed by atoms with Crippen molar-refractivity contribution >= 4 is 33.4 Å². The lowest BCUT2D eigenvalue weighted by Gasteiger charge is -2.03. The molecule has 0 spiro atoms. The number of benzene rings is 1. The maximum atomic E-state index is 12.5. The molecule has 0 aliphatic rings. The number of nitrogens with zero attached hydrogens (tertiary/aromatic N) is 3. The van der Waals surface area contributed by atoms with Crippen molar-refractivity contribution in [3.63, 3.8) is 0 Å². The van der Waals surface area contributed by atoms with Crippen LogP contribution in [0.4, 0.5) is 5.13 Å². The molecule has 0 bridgehead atoms. The summed E-state index contributed by atoms with van der Waals surface area (Å²) >= 11 is 1.44. The van der Waals surface area contributed by atoms with Crippen LogP contribution in [0.15, 0.2) is 35.3 Å². The van der Waals surface area contributed by atoms with E-state index in [4.69, 9.17) is 0 Å². The first-order valence-electron chi connectivity index (χ1n) is 7.50. The predicted octanol–water partition coefficient (Wildman–Crippen LogP) is 2.62. The Hall–Kier alpha value is -2.41. The molecule has 1 amide bonds. The lowest BCUT2D eigenvalue weighted by Crippen LogP contribution is -2.25. The first-order valence-corrected chi connectivity index (χ1v) is 8.32. The zero-order valence-corrected chi connectivity index (χ0v) is 13.9. The highest BCUT2D eigenvalue weighted by Crippen LogP contribution is 2.17. The highest BCUT2D eigenvalue weighted by Gasteiger charge is 2.13. The number of thiazole rings is 1. The number of aromatic nitrogens is 3. The monoisotopic (exact) mass is 330 g/mol. The van der Waals surface area contributed by atoms with Crippen LogP contribution in [0.25, 0.3) is 11.0 Å². The van der Waals surface area contributed by atoms with Gasteiger partial charge in [-0.3, -0.25) is 13.9 Å². The number of para-hydroxylation sites is 2. The van der Waals surface area contributed by atoms with E-state index in [1.165, 1.54) is 11.3 Å². The van der Waals surface area contributed by atoms with Gasteiger partial charge in [-0.25, -0.2) is 9.78 Å². The average molecular weight is 330 g/mol. The fraction of sp³-hybridized carbons (Fsp3) is 0.312. The highest BCUT2D eigenvalue weighted by molar-refractivity contribution is 7.15. The van der Waals surface area contributed by atoms with Crippen molar-refractivity contribution in [2.45, 2.75) is 33.4 Å². The van der Waals surface area contributed by atoms with Crippen LogP contribution in [0.1, 0.15) is 18.2 Å². The molecule has 23 heavy (non-hydrogen) atoms. The summed E-state index contributed by atoms with van der Waals surface area (Å²) in [4.78, 5) is 29.7. The van der Waals surface area contributed by atoms with E-state index in [-0.39, 0.29) is 18.0 Å². The van der Waals surface area contributed by atoms with E-state index in [1.54, 1.807) is 15.3 Å². The molecule has 2 aromatic heterocycles. The number of nitrogens with one attached hydrogen (secondary N) is 1. The fourth-order valence-corrected chi connectivity index (χ4v) is 3.28. The predicted molar refractivity (Wildman–Crippen MR) is 92.0 cm³/mol. The number of carbonyl (C=O) groups is 1. The van der Waals surface area contributed by atoms with Crippen LogP contribution in [-0.2, 0) is 17.9 Å². The quantitative estimate of drug-likeness (QED) is 0.782. The Morgan fingerprint density at radius 1 is 1.26 bits per heavy atom. The van der Waals surface area contributed by atoms with Crippen molar-refractivity contribution in [3.8, 4) is 0 Å². The molecule has 6 nitrogen and oxygen atoms in total. The van der Waals surface area contributed by atoms with Crippen LogP contribution >= 0.6 is 11.3 Å². The minimum atomic E-state index is -0.139. The lowest BCUT2D eigenvalue weighted by molar-refractivity contribution is -0.116. The maximum absolute atomic E-state index is 12.5. The van der Waals surface area contributed by atoms with Gasteiger partial charge in [0.2, 0.25) is 5.91 Å². The SMILES string of the molecule is CCn1c(=O)n(CCC(=O)Nc2ncc(C)s2)c2ccccc21. The van der Waals surface area contributed by atoms with Crippen molar-refractivity contribution < 1.29 is 4.79 Å². The fourth-order valence-electron chi connectivity index (χ4n) is 2.60. The molecule has 0 radical (unpaired) electrons. The van der Waals surface area contributed by atoms with Gasteiger partial charge in [0.15, 0.2) is 5.13 Å². The summed E-state index contributed by atoms with van der Waals surface area (Å²) in [6.07, 6.45) is 1.95. The zero-order valence-electron chi connectivity index (χ0n) is 13.1. The van der Waals surface area contributed by atoms with Crippen molar-refractivity contribution in [2.24, 2.45) is 0 Å². The Bertz CT molecular complexity index is 906. The summed E-state index contributed by atoms with van der Waals surface area (Å²) in [5, 5.41) is 3.36. The van der Waals surface area contributed by atoms with Gasteiger partial charge in [0.05, 0.1) is 11.0 Å². The molecular weight excluding hydrogens is 312 g/mol. The molecule has 0 aliphatic carbocycles. The molecule has 3 rings (SSSR count). The van der Waals surface area contributed by atoms with Crippen LogP contribution < -0.4 is 11.0 Å². The molecule has 1 aromatic carbocycles. The third-order valence-corrected chi connectivity index (χ3v) is 4.50. The summed E-state index contributed by atoms with van der Waals surface area (Å²) in [5.41, 5.74) is 1.68. The number of hydrogen-bond donors (Lipinski definition) is 1. The summed E-state index contributed by atoms with van der Waals surface area (Å²) in [5.74, 6) is -0.139. The van der Waals surface area contributed by atoms with Crippen LogP contribution in [-0.4, -0.2) is 20.0 Å². The molecule has 0 saturated carbocycles. The average Bonchev–Trinajstić information content (AvgIpc) is 3.05. The smallest absolute Gasteiger partial charge is 0.302 e. The molecular formula is C16H18N4O2S. The van der Waals surface area contributed by atoms with E-state index in [1.807, 2.05) is 38.1 Å². The molecule has 0 saturated heterocycles. The van der Waals surface area contributed by atoms with Gasteiger partial charge in [-0.2, -0.15) is 0 Å². The van der Waals surface area contributed by atoms with Gasteiger partial charge in [-0.05, 0) is 26.0 Å². The van der Waals surface area contributed by atoms with Crippen LogP contribution in [0.3, 0.4) is 0 Å². The van der Waals surface area contributed by atoms with Gasteiger partial charge >= 0.3 is 5.69 Å². The lowest BCUT2D eigenvalue weighted by atomic mass is 10.3. The number of rotatable bonds is 5. The van der Waals surface area contributed by atoms with Crippen molar-refractivity contribution in [2.75, 3.05) is 5.32 Å². The van der Waals surface area contributed by atoms with Gasteiger partial charge in [0.25, 0.3) is 0 Å². The van der Waals surface area contributed by atoms with Crippen molar-refractivity contribution in [3.05, 3.63) is 45.8 Å². The first kappa shape index (κ1) is 15.5. The molecule has 3 aromatic rings. The number of aryl methyl sites for hydroxylation is 3. The molecule has 0 unspecified atom stereocenters. The van der Waals surface area contributed by atoms with E-state index >= 15 is 0 Å². The second kappa shape index (κ2) is 6.37. The normalized spacial score (nSPS) is 11.0. The topological polar surface area (TPSA) is 68.9 Å². The van der Waals surface area contributed by atoms with E-state index in [9.17, 15) is 9.59 Å². The summed E-state index contributed by atoms with van der Waals surface area (Å²) in [6.45, 7) is 4.83. The molecule has 0 aliphatic heterocycles. The molecule has 0 atom stereocenters. The van der Waals surface area contributed by atoms with Gasteiger partial charge < -0.3 is 5.32 Å². The summed E-state index contributed by atoms with van der Waals surface area (Å²) in [6, 6.07) is 7.65. The van der Waals surface area contributed by atoms with Gasteiger partial charge in [-0.15, -0.1) is 11.3 Å². The number of anilines is 1. The minimum Gasteiger partial charge on any atom is -0.302 e. The number of fused-ring (bicyclic) bond motifs is 1. The third kappa shape index (κ3) is 3.05. The number of hydrogen-bond acceptors (Lipinski definition) is 4. The Morgan fingerprint density at radius 3 is 2.57 bits per heavy atom. The Labute approximate surface area is 137 Å². The molecule has 1 N–H and O–H groups in total. The van der Waals surface area contributed by atoms with Crippen molar-refractivity contribution in [1.82, 2.24) is 14.1 Å². The maximum Gasteiger partial charge on any atom is 0.329 e. The first-order chi connectivity index (χ1) is 11.1. The largest absolute Gasteiger partial charge is 0.329 e. The van der Waals surface area contributed by atoms with E-state index in [0.29, 0.717) is 18.2 Å². The molecule has 120 valence electrons. The van der Waals surface area contributed by atoms with E-state index in [2.05, 4.69) is 10.3 Å². The Morgan fingerprint density at radius 2 is 1.96 bits per heavy atom. The number of carbonyl (C=O) groups excluding carboxylic acids is 1. The van der Waals surface area contributed by atoms with Crippen molar-refractivity contribution in [1.29, 1.82) is 0 Å². The number of amides is 1. The second-order valence-electron chi connectivity index (χ2n) is 5.24. The Kier molecular flexibility index (Phi) is 4.29. The van der Waals surface area contributed by atoms with Crippen LogP contribution in [0.5, 0.6) is 0 Å². The standard InChI is InChI=1S/C16H18N4O2S/c1-3-19-12-6-4-5-7-13(12)20(16(19)22)9-8-14(21)18-15-17-10-11(2)23-15/h4-7,10H,3,8-9H2,1-2H3,(H,17,18,21). The van der Waals surface area contributed by atoms with Gasteiger partial charge in [0.1, 0.15) is 0 Å². The van der Waals surface area contributed by atoms with Crippen LogP contribution in [0.2, 0.25) is 0 Å². The minimum absolute atomic E-state index is 0.0772. The highest BCUT2D eigenvalue weighted by atomic mass is 32.1. The molecule has 7 heteroatoms. The van der Waals surface area contributed by atoms with Gasteiger partial charge in [0, 0.05) is 30.6 Å².